The minimum atomic E-state index is -2.28. The van der Waals surface area contributed by atoms with Gasteiger partial charge in [0.15, 0.2) is 17.1 Å². The summed E-state index contributed by atoms with van der Waals surface area (Å²) in [5.41, 5.74) is -6.57. The number of hydrogen-bond acceptors (Lipinski definition) is 7. The molecule has 8 atom stereocenters. The first-order chi connectivity index (χ1) is 15.3. The summed E-state index contributed by atoms with van der Waals surface area (Å²) < 4.78 is 23.0. The molecule has 0 aromatic carbocycles. The third-order valence-electron chi connectivity index (χ3n) is 8.95. The van der Waals surface area contributed by atoms with Gasteiger partial charge in [0.1, 0.15) is 12.4 Å². The van der Waals surface area contributed by atoms with Crippen molar-refractivity contribution >= 4 is 17.5 Å². The number of aliphatic hydroxyl groups is 3. The van der Waals surface area contributed by atoms with Gasteiger partial charge in [-0.05, 0) is 43.9 Å². The molecule has 0 amide bonds. The van der Waals surface area contributed by atoms with Crippen molar-refractivity contribution < 1.29 is 38.8 Å². The minimum absolute atomic E-state index is 0.0126. The Morgan fingerprint density at radius 2 is 1.97 bits per heavy atom. The fourth-order valence-electron chi connectivity index (χ4n) is 7.34. The van der Waals surface area contributed by atoms with Gasteiger partial charge in [0, 0.05) is 29.2 Å². The molecule has 0 aromatic heterocycles. The van der Waals surface area contributed by atoms with Crippen LogP contribution in [0.5, 0.6) is 0 Å². The molecule has 0 radical (unpaired) electrons. The summed E-state index contributed by atoms with van der Waals surface area (Å²) in [5.74, 6) is -4.09. The molecule has 0 heterocycles. The van der Waals surface area contributed by atoms with Crippen molar-refractivity contribution in [3.63, 3.8) is 0 Å². The number of Topliss-reactive ketones (excluding diaryl/α,β-unsaturated/α-hetero) is 1. The monoisotopic (exact) mass is 462 g/mol. The Bertz CT molecular complexity index is 1010. The van der Waals surface area contributed by atoms with Gasteiger partial charge in [-0.2, -0.15) is 0 Å². The van der Waals surface area contributed by atoms with E-state index in [0.717, 1.165) is 0 Å². The number of fused-ring (bicyclic) bond motifs is 5. The van der Waals surface area contributed by atoms with E-state index in [1.807, 2.05) is 0 Å². The van der Waals surface area contributed by atoms with E-state index in [-0.39, 0.29) is 36.4 Å². The molecule has 0 bridgehead atoms. The summed E-state index contributed by atoms with van der Waals surface area (Å²) >= 11 is 0. The van der Waals surface area contributed by atoms with Gasteiger partial charge in [0.2, 0.25) is 5.78 Å². The number of carbonyl (C=O) groups is 3. The van der Waals surface area contributed by atoms with Gasteiger partial charge in [0.05, 0.1) is 11.5 Å². The Morgan fingerprint density at radius 1 is 1.30 bits per heavy atom. The molecular formula is C25H31FO7. The van der Waals surface area contributed by atoms with Crippen LogP contribution in [0, 0.1) is 28.6 Å². The van der Waals surface area contributed by atoms with Crippen molar-refractivity contribution in [2.24, 2.45) is 28.6 Å². The highest BCUT2D eigenvalue weighted by atomic mass is 19.1. The average molecular weight is 463 g/mol. The maximum Gasteiger partial charge on any atom is 0.306 e. The lowest BCUT2D eigenvalue weighted by Crippen LogP contribution is -2.69. The van der Waals surface area contributed by atoms with E-state index < -0.39 is 64.3 Å². The van der Waals surface area contributed by atoms with Gasteiger partial charge in [-0.3, -0.25) is 14.4 Å². The molecule has 4 aliphatic rings. The molecule has 2 unspecified atom stereocenters. The molecule has 2 saturated carbocycles. The van der Waals surface area contributed by atoms with Crippen LogP contribution < -0.4 is 0 Å². The lowest BCUT2D eigenvalue weighted by molar-refractivity contribution is -0.218. The molecule has 0 aliphatic heterocycles. The maximum absolute atomic E-state index is 17.2. The second-order valence-electron chi connectivity index (χ2n) is 10.4. The fraction of sp³-hybridized carbons (Fsp3) is 0.640. The largest absolute Gasteiger partial charge is 0.508 e. The smallest absolute Gasteiger partial charge is 0.306 e. The molecule has 0 spiro atoms. The molecule has 7 nitrogen and oxygen atoms in total. The second kappa shape index (κ2) is 7.34. The molecule has 0 saturated heterocycles. The summed E-state index contributed by atoms with van der Waals surface area (Å²) in [4.78, 5) is 37.5. The second-order valence-corrected chi connectivity index (χ2v) is 10.4. The first-order valence-electron chi connectivity index (χ1n) is 11.4. The maximum atomic E-state index is 17.2. The molecule has 0 aromatic rings. The van der Waals surface area contributed by atoms with Crippen LogP contribution in [0.4, 0.5) is 4.39 Å². The van der Waals surface area contributed by atoms with Crippen molar-refractivity contribution in [3.8, 4) is 0 Å². The standard InChI is InChI=1S/C25H31FO7/c1-5-21(32)33-25(20(31)12-27)13(2)8-15-16-10-18(29)17-9-14(28)6-7-22(17,3)24(16,26)19(30)11-23(15,25)4/h6-7,9-10,13,15-16,19,27,29-30H,5,8,11-12H2,1-4H3/t13?,15-,16-,19?,22-,23-,24-,25-/m0/s1. The minimum Gasteiger partial charge on any atom is -0.508 e. The number of hydrogen-bond donors (Lipinski definition) is 3. The van der Waals surface area contributed by atoms with E-state index in [0.29, 0.717) is 0 Å². The van der Waals surface area contributed by atoms with Crippen LogP contribution in [0.2, 0.25) is 0 Å². The van der Waals surface area contributed by atoms with E-state index in [2.05, 4.69) is 0 Å². The third-order valence-corrected chi connectivity index (χ3v) is 8.95. The average Bonchev–Trinajstić information content (AvgIpc) is 2.98. The van der Waals surface area contributed by atoms with Crippen LogP contribution in [0.15, 0.2) is 35.6 Å². The van der Waals surface area contributed by atoms with Gasteiger partial charge in [-0.25, -0.2) is 4.39 Å². The van der Waals surface area contributed by atoms with E-state index >= 15 is 4.39 Å². The molecular weight excluding hydrogens is 431 g/mol. The van der Waals surface area contributed by atoms with E-state index in [9.17, 15) is 29.7 Å². The number of carbonyl (C=O) groups excluding carboxylic acids is 3. The van der Waals surface area contributed by atoms with Crippen molar-refractivity contribution in [3.05, 3.63) is 35.6 Å². The molecule has 4 aliphatic carbocycles. The van der Waals surface area contributed by atoms with Gasteiger partial charge < -0.3 is 20.1 Å². The van der Waals surface area contributed by atoms with Crippen LogP contribution in [0.25, 0.3) is 0 Å². The van der Waals surface area contributed by atoms with Crippen LogP contribution in [-0.4, -0.2) is 56.8 Å². The van der Waals surface area contributed by atoms with E-state index in [1.54, 1.807) is 27.7 Å². The molecule has 180 valence electrons. The number of ether oxygens (including phenoxy) is 1. The first-order valence-corrected chi connectivity index (χ1v) is 11.4. The highest BCUT2D eigenvalue weighted by Gasteiger charge is 2.77. The highest BCUT2D eigenvalue weighted by Crippen LogP contribution is 2.70. The Hall–Kier alpha value is -2.32. The summed E-state index contributed by atoms with van der Waals surface area (Å²) in [6, 6.07) is 0. The van der Waals surface area contributed by atoms with Crippen LogP contribution in [-0.2, 0) is 19.1 Å². The lowest BCUT2D eigenvalue weighted by atomic mass is 9.46. The van der Waals surface area contributed by atoms with Crippen molar-refractivity contribution in [2.45, 2.75) is 64.3 Å². The number of rotatable bonds is 4. The predicted molar refractivity (Wildman–Crippen MR) is 116 cm³/mol. The zero-order valence-electron chi connectivity index (χ0n) is 19.3. The van der Waals surface area contributed by atoms with Gasteiger partial charge in [-0.1, -0.05) is 26.8 Å². The number of halogens is 1. The summed E-state index contributed by atoms with van der Waals surface area (Å²) in [6.07, 6.45) is 3.65. The number of allylic oxidation sites excluding steroid dienone is 5. The first kappa shape index (κ1) is 23.8. The molecule has 8 heteroatoms. The van der Waals surface area contributed by atoms with E-state index in [1.165, 1.54) is 24.3 Å². The Kier molecular flexibility index (Phi) is 5.30. The zero-order valence-corrected chi connectivity index (χ0v) is 19.3. The Labute approximate surface area is 192 Å². The van der Waals surface area contributed by atoms with Gasteiger partial charge in [0.25, 0.3) is 0 Å². The summed E-state index contributed by atoms with van der Waals surface area (Å²) in [5, 5.41) is 32.0. The molecule has 3 N–H and O–H groups in total. The quantitative estimate of drug-likeness (QED) is 0.549. The molecule has 4 rings (SSSR count). The zero-order chi connectivity index (χ0) is 24.6. The number of alkyl halides is 1. The third kappa shape index (κ3) is 2.71. The topological polar surface area (TPSA) is 121 Å². The highest BCUT2D eigenvalue weighted by molar-refractivity contribution is 6.02. The van der Waals surface area contributed by atoms with Crippen LogP contribution in [0.3, 0.4) is 0 Å². The number of aliphatic hydroxyl groups excluding tert-OH is 3. The molecule has 2 fully saturated rings. The lowest BCUT2D eigenvalue weighted by Gasteiger charge is -2.61. The molecule has 33 heavy (non-hydrogen) atoms. The van der Waals surface area contributed by atoms with Crippen LogP contribution in [0.1, 0.15) is 47.0 Å². The number of esters is 1. The van der Waals surface area contributed by atoms with Crippen LogP contribution >= 0.6 is 0 Å². The number of ketones is 2. The normalized spacial score (nSPS) is 46.0. The summed E-state index contributed by atoms with van der Waals surface area (Å²) in [6.45, 7) is 5.70. The van der Waals surface area contributed by atoms with Crippen molar-refractivity contribution in [2.75, 3.05) is 6.61 Å². The summed E-state index contributed by atoms with van der Waals surface area (Å²) in [7, 11) is 0. The van der Waals surface area contributed by atoms with Crippen molar-refractivity contribution in [1.82, 2.24) is 0 Å². The van der Waals surface area contributed by atoms with Crippen molar-refractivity contribution in [1.29, 1.82) is 0 Å². The fourth-order valence-corrected chi connectivity index (χ4v) is 7.34. The Morgan fingerprint density at radius 3 is 2.58 bits per heavy atom. The SMILES string of the molecule is CCC(=O)O[C@]1(C(=O)CO)C(C)C[C@H]2[C@@H]3C=C(O)C4=CC(=O)C=C[C@]4(C)[C@@]3(F)C(O)C[C@@]21C. The predicted octanol–water partition coefficient (Wildman–Crippen LogP) is 2.52. The van der Waals surface area contributed by atoms with Gasteiger partial charge in [-0.15, -0.1) is 0 Å². The Balaban J connectivity index is 1.93. The van der Waals surface area contributed by atoms with E-state index in [4.69, 9.17) is 4.74 Å². The van der Waals surface area contributed by atoms with Gasteiger partial charge >= 0.3 is 5.97 Å².